The largest absolute Gasteiger partial charge is 0.493 e. The third kappa shape index (κ3) is 7.61. The lowest BCUT2D eigenvalue weighted by atomic mass is 10.0. The summed E-state index contributed by atoms with van der Waals surface area (Å²) in [5, 5.41) is 8.62. The topological polar surface area (TPSA) is 84.1 Å². The van der Waals surface area contributed by atoms with E-state index in [0.717, 1.165) is 50.8 Å². The van der Waals surface area contributed by atoms with Crippen LogP contribution in [-0.2, 0) is 6.61 Å². The predicted octanol–water partition coefficient (Wildman–Crippen LogP) is 10.2. The van der Waals surface area contributed by atoms with E-state index in [1.54, 1.807) is 30.0 Å². The highest BCUT2D eigenvalue weighted by atomic mass is 16.5. The van der Waals surface area contributed by atoms with Crippen LogP contribution >= 0.6 is 0 Å². The van der Waals surface area contributed by atoms with Gasteiger partial charge in [-0.2, -0.15) is 0 Å². The Balaban J connectivity index is 1.03. The van der Waals surface area contributed by atoms with Crippen LogP contribution in [0.25, 0.3) is 51.4 Å². The Labute approximate surface area is 319 Å². The quantitative estimate of drug-likeness (QED) is 0.0923. The first-order valence-corrected chi connectivity index (χ1v) is 17.9. The lowest BCUT2D eigenvalue weighted by Gasteiger charge is -2.15. The van der Waals surface area contributed by atoms with Crippen LogP contribution in [0, 0.1) is 6.92 Å². The minimum atomic E-state index is -0.0721. The average Bonchev–Trinajstić information content (AvgIpc) is 3.90. The molecule has 2 aromatic heterocycles. The van der Waals surface area contributed by atoms with Crippen LogP contribution < -0.4 is 9.47 Å². The van der Waals surface area contributed by atoms with Crippen molar-refractivity contribution in [1.29, 1.82) is 0 Å². The van der Waals surface area contributed by atoms with E-state index in [-0.39, 0.29) is 12.4 Å². The standard InChI is InChI=1S/C47H37N5O3/c1-33-18-20-34(21-19-33)22-28-42(53)35-23-26-40(27-24-35)51-31-39(49-50-51)32-55-43-29-25-38(30-44(43)54-2)47-48-45(36-12-6-3-7-13-36)46(37-14-8-4-9-15-37)52(47)41-16-10-5-11-17-41/h3-31H,32H2,1-2H3. The first-order valence-electron chi connectivity index (χ1n) is 17.9. The van der Waals surface area contributed by atoms with Crippen LogP contribution in [0.1, 0.15) is 27.2 Å². The van der Waals surface area contributed by atoms with Crippen molar-refractivity contribution in [1.82, 2.24) is 24.5 Å². The third-order valence-electron chi connectivity index (χ3n) is 9.25. The molecule has 0 aliphatic carbocycles. The van der Waals surface area contributed by atoms with Crippen molar-refractivity contribution in [3.8, 4) is 56.8 Å². The van der Waals surface area contributed by atoms with Gasteiger partial charge in [-0.1, -0.05) is 120 Å². The van der Waals surface area contributed by atoms with Gasteiger partial charge in [0.25, 0.3) is 0 Å². The SMILES string of the molecule is COc1cc(-c2nc(-c3ccccc3)c(-c3ccccc3)n2-c2ccccc2)ccc1OCc1cn(-c2ccc(C(=O)C=Cc3ccc(C)cc3)cc2)nn1. The molecular weight excluding hydrogens is 683 g/mol. The van der Waals surface area contributed by atoms with Gasteiger partial charge in [0.05, 0.1) is 30.4 Å². The molecule has 8 nitrogen and oxygen atoms in total. The van der Waals surface area contributed by atoms with Crippen molar-refractivity contribution in [2.75, 3.05) is 7.11 Å². The van der Waals surface area contributed by atoms with Gasteiger partial charge in [-0.05, 0) is 73.2 Å². The van der Waals surface area contributed by atoms with Crippen LogP contribution in [-0.4, -0.2) is 37.4 Å². The molecule has 0 N–H and O–H groups in total. The van der Waals surface area contributed by atoms with Gasteiger partial charge >= 0.3 is 0 Å². The molecule has 0 atom stereocenters. The van der Waals surface area contributed by atoms with Gasteiger partial charge in [-0.15, -0.1) is 5.10 Å². The zero-order valence-electron chi connectivity index (χ0n) is 30.4. The lowest BCUT2D eigenvalue weighted by molar-refractivity contribution is 0.104. The maximum absolute atomic E-state index is 12.8. The number of aryl methyl sites for hydroxylation is 1. The number of carbonyl (C=O) groups excluding carboxylic acids is 1. The third-order valence-corrected chi connectivity index (χ3v) is 9.25. The Morgan fingerprint density at radius 1 is 0.691 bits per heavy atom. The maximum Gasteiger partial charge on any atom is 0.185 e. The van der Waals surface area contributed by atoms with E-state index < -0.39 is 0 Å². The number of rotatable bonds is 12. The molecule has 6 aromatic carbocycles. The van der Waals surface area contributed by atoms with Crippen molar-refractivity contribution >= 4 is 11.9 Å². The monoisotopic (exact) mass is 719 g/mol. The first-order chi connectivity index (χ1) is 27.0. The molecule has 0 unspecified atom stereocenters. The molecule has 0 spiro atoms. The summed E-state index contributed by atoms with van der Waals surface area (Å²) in [5.41, 5.74) is 9.95. The van der Waals surface area contributed by atoms with Crippen LogP contribution in [0.3, 0.4) is 0 Å². The van der Waals surface area contributed by atoms with Crippen molar-refractivity contribution < 1.29 is 14.3 Å². The summed E-state index contributed by atoms with van der Waals surface area (Å²) in [5.74, 6) is 1.82. The highest BCUT2D eigenvalue weighted by Gasteiger charge is 2.23. The molecule has 0 amide bonds. The van der Waals surface area contributed by atoms with E-state index in [9.17, 15) is 4.79 Å². The molecule has 0 saturated carbocycles. The number of allylic oxidation sites excluding steroid dienone is 1. The number of carbonyl (C=O) groups is 1. The summed E-state index contributed by atoms with van der Waals surface area (Å²) >= 11 is 0. The number of methoxy groups -OCH3 is 1. The van der Waals surface area contributed by atoms with Gasteiger partial charge in [0.2, 0.25) is 0 Å². The predicted molar refractivity (Wildman–Crippen MR) is 217 cm³/mol. The molecule has 55 heavy (non-hydrogen) atoms. The first kappa shape index (κ1) is 34.7. The summed E-state index contributed by atoms with van der Waals surface area (Å²) in [6.07, 6.45) is 5.22. The smallest absolute Gasteiger partial charge is 0.185 e. The number of hydrogen-bond acceptors (Lipinski definition) is 6. The molecule has 2 heterocycles. The summed E-state index contributed by atoms with van der Waals surface area (Å²) < 4.78 is 16.0. The van der Waals surface area contributed by atoms with E-state index in [2.05, 4.69) is 51.3 Å². The van der Waals surface area contributed by atoms with Crippen LogP contribution in [0.2, 0.25) is 0 Å². The fourth-order valence-corrected chi connectivity index (χ4v) is 6.39. The molecule has 8 heteroatoms. The Bertz CT molecular complexity index is 2580. The molecule has 0 aliphatic rings. The normalized spacial score (nSPS) is 11.2. The summed E-state index contributed by atoms with van der Waals surface area (Å²) in [4.78, 5) is 18.1. The zero-order valence-corrected chi connectivity index (χ0v) is 30.4. The van der Waals surface area contributed by atoms with Crippen molar-refractivity contribution in [2.24, 2.45) is 0 Å². The molecular formula is C47H37N5O3. The molecule has 8 aromatic rings. The number of ketones is 1. The lowest BCUT2D eigenvalue weighted by Crippen LogP contribution is -2.01. The Hall–Kier alpha value is -7.32. The summed E-state index contributed by atoms with van der Waals surface area (Å²) in [7, 11) is 1.63. The highest BCUT2D eigenvalue weighted by molar-refractivity contribution is 6.06. The second-order valence-electron chi connectivity index (χ2n) is 13.0. The molecule has 0 bridgehead atoms. The maximum atomic E-state index is 12.8. The van der Waals surface area contributed by atoms with E-state index in [1.807, 2.05) is 128 Å². The van der Waals surface area contributed by atoms with Gasteiger partial charge in [0.15, 0.2) is 17.3 Å². The molecule has 268 valence electrons. The van der Waals surface area contributed by atoms with Gasteiger partial charge < -0.3 is 9.47 Å². The number of hydrogen-bond donors (Lipinski definition) is 0. The molecule has 8 rings (SSSR count). The zero-order chi connectivity index (χ0) is 37.6. The van der Waals surface area contributed by atoms with E-state index in [0.29, 0.717) is 22.8 Å². The van der Waals surface area contributed by atoms with E-state index >= 15 is 0 Å². The second kappa shape index (κ2) is 15.7. The number of aromatic nitrogens is 5. The van der Waals surface area contributed by atoms with Crippen LogP contribution in [0.5, 0.6) is 11.5 Å². The number of nitrogens with zero attached hydrogens (tertiary/aromatic N) is 5. The molecule has 0 aliphatic heterocycles. The minimum Gasteiger partial charge on any atom is -0.493 e. The van der Waals surface area contributed by atoms with Crippen LogP contribution in [0.15, 0.2) is 170 Å². The minimum absolute atomic E-state index is 0.0721. The van der Waals surface area contributed by atoms with Gasteiger partial charge in [0, 0.05) is 27.9 Å². The number of benzene rings is 6. The Kier molecular flexibility index (Phi) is 9.94. The van der Waals surface area contributed by atoms with Gasteiger partial charge in [-0.25, -0.2) is 9.67 Å². The van der Waals surface area contributed by atoms with E-state index in [4.69, 9.17) is 14.5 Å². The summed E-state index contributed by atoms with van der Waals surface area (Å²) in [6, 6.07) is 52.0. The average molecular weight is 720 g/mol. The van der Waals surface area contributed by atoms with Crippen LogP contribution in [0.4, 0.5) is 0 Å². The fraction of sp³-hybridized carbons (Fsp3) is 0.0638. The molecule has 0 saturated heterocycles. The molecule has 0 radical (unpaired) electrons. The Morgan fingerprint density at radius 2 is 1.36 bits per heavy atom. The van der Waals surface area contributed by atoms with Crippen molar-refractivity contribution in [2.45, 2.75) is 13.5 Å². The number of ether oxygens (including phenoxy) is 2. The van der Waals surface area contributed by atoms with Crippen molar-refractivity contribution in [3.63, 3.8) is 0 Å². The van der Waals surface area contributed by atoms with E-state index in [1.165, 1.54) is 5.56 Å². The summed E-state index contributed by atoms with van der Waals surface area (Å²) in [6.45, 7) is 2.21. The Morgan fingerprint density at radius 3 is 2.05 bits per heavy atom. The fourth-order valence-electron chi connectivity index (χ4n) is 6.39. The second-order valence-corrected chi connectivity index (χ2v) is 13.0. The number of imidazole rings is 1. The number of para-hydroxylation sites is 1. The van der Waals surface area contributed by atoms with Gasteiger partial charge in [-0.3, -0.25) is 9.36 Å². The van der Waals surface area contributed by atoms with Crippen molar-refractivity contribution in [3.05, 3.63) is 192 Å². The highest BCUT2D eigenvalue weighted by Crippen LogP contribution is 2.40. The molecule has 0 fully saturated rings. The van der Waals surface area contributed by atoms with Gasteiger partial charge in [0.1, 0.15) is 18.1 Å².